The van der Waals surface area contributed by atoms with E-state index >= 15 is 0 Å². The van der Waals surface area contributed by atoms with Gasteiger partial charge in [0, 0.05) is 43.9 Å². The molecule has 6 heteroatoms. The molecule has 2 heterocycles. The SMILES string of the molecule is Cn1cc(CCN2CCSCC2CC(=O)O)cn1. The maximum absolute atomic E-state index is 10.8. The van der Waals surface area contributed by atoms with Crippen LogP contribution in [0.5, 0.6) is 0 Å². The second kappa shape index (κ2) is 6.24. The van der Waals surface area contributed by atoms with Gasteiger partial charge in [0.05, 0.1) is 12.6 Å². The van der Waals surface area contributed by atoms with E-state index in [1.165, 1.54) is 5.56 Å². The molecule has 0 amide bonds. The van der Waals surface area contributed by atoms with Crippen LogP contribution in [0.4, 0.5) is 0 Å². The van der Waals surface area contributed by atoms with Crippen molar-refractivity contribution in [1.82, 2.24) is 14.7 Å². The Labute approximate surface area is 111 Å². The van der Waals surface area contributed by atoms with Crippen molar-refractivity contribution in [2.75, 3.05) is 24.6 Å². The lowest BCUT2D eigenvalue weighted by atomic mass is 10.1. The third-order valence-electron chi connectivity index (χ3n) is 3.21. The van der Waals surface area contributed by atoms with Gasteiger partial charge in [0.25, 0.3) is 0 Å². The number of aliphatic carboxylic acids is 1. The zero-order valence-corrected chi connectivity index (χ0v) is 11.4. The van der Waals surface area contributed by atoms with E-state index in [2.05, 4.69) is 10.00 Å². The number of thioether (sulfide) groups is 1. The summed E-state index contributed by atoms with van der Waals surface area (Å²) in [5.41, 5.74) is 1.21. The molecule has 0 bridgehead atoms. The number of carboxylic acids is 1. The second-order valence-electron chi connectivity index (χ2n) is 4.63. The highest BCUT2D eigenvalue weighted by Gasteiger charge is 2.24. The summed E-state index contributed by atoms with van der Waals surface area (Å²) in [4.78, 5) is 13.1. The summed E-state index contributed by atoms with van der Waals surface area (Å²) < 4.78 is 1.80. The minimum absolute atomic E-state index is 0.179. The summed E-state index contributed by atoms with van der Waals surface area (Å²) in [5.74, 6) is 1.33. The molecule has 1 aliphatic heterocycles. The lowest BCUT2D eigenvalue weighted by molar-refractivity contribution is -0.138. The number of hydrogen-bond acceptors (Lipinski definition) is 4. The molecule has 1 aliphatic rings. The molecule has 100 valence electrons. The van der Waals surface area contributed by atoms with Crippen LogP contribution in [0.25, 0.3) is 0 Å². The van der Waals surface area contributed by atoms with Crippen LogP contribution in [0.1, 0.15) is 12.0 Å². The normalized spacial score (nSPS) is 21.1. The van der Waals surface area contributed by atoms with E-state index in [0.29, 0.717) is 0 Å². The average Bonchev–Trinajstić information content (AvgIpc) is 2.73. The Hall–Kier alpha value is -1.01. The lowest BCUT2D eigenvalue weighted by Crippen LogP contribution is -2.44. The van der Waals surface area contributed by atoms with Crippen molar-refractivity contribution in [1.29, 1.82) is 0 Å². The summed E-state index contributed by atoms with van der Waals surface area (Å²) in [7, 11) is 1.91. The summed E-state index contributed by atoms with van der Waals surface area (Å²) in [6.07, 6.45) is 5.09. The van der Waals surface area contributed by atoms with Gasteiger partial charge < -0.3 is 5.11 Å². The third kappa shape index (κ3) is 3.74. The molecular formula is C12H19N3O2S. The molecule has 0 aromatic carbocycles. The van der Waals surface area contributed by atoms with Gasteiger partial charge in [-0.25, -0.2) is 0 Å². The van der Waals surface area contributed by atoms with Crippen LogP contribution in [0.3, 0.4) is 0 Å². The Morgan fingerprint density at radius 2 is 2.50 bits per heavy atom. The fourth-order valence-corrected chi connectivity index (χ4v) is 3.38. The molecule has 0 saturated carbocycles. The third-order valence-corrected chi connectivity index (χ3v) is 4.30. The van der Waals surface area contributed by atoms with Crippen LogP contribution >= 0.6 is 11.8 Å². The van der Waals surface area contributed by atoms with Gasteiger partial charge in [0.1, 0.15) is 0 Å². The van der Waals surface area contributed by atoms with Crippen molar-refractivity contribution in [3.05, 3.63) is 18.0 Å². The molecule has 2 rings (SSSR count). The standard InChI is InChI=1S/C12H19N3O2S/c1-14-8-10(7-13-14)2-3-15-4-5-18-9-11(15)6-12(16)17/h7-8,11H,2-6,9H2,1H3,(H,16,17). The highest BCUT2D eigenvalue weighted by atomic mass is 32.2. The fourth-order valence-electron chi connectivity index (χ4n) is 2.25. The Balaban J connectivity index is 1.87. The Morgan fingerprint density at radius 1 is 1.67 bits per heavy atom. The van der Waals surface area contributed by atoms with Crippen LogP contribution in [0.2, 0.25) is 0 Å². The first-order valence-electron chi connectivity index (χ1n) is 6.16. The minimum atomic E-state index is -0.700. The largest absolute Gasteiger partial charge is 0.481 e. The van der Waals surface area contributed by atoms with Crippen molar-refractivity contribution in [3.63, 3.8) is 0 Å². The molecule has 18 heavy (non-hydrogen) atoms. The molecule has 1 atom stereocenters. The topological polar surface area (TPSA) is 58.4 Å². The molecule has 1 unspecified atom stereocenters. The lowest BCUT2D eigenvalue weighted by Gasteiger charge is -2.34. The quantitative estimate of drug-likeness (QED) is 0.859. The number of rotatable bonds is 5. The van der Waals surface area contributed by atoms with Gasteiger partial charge >= 0.3 is 5.97 Å². The number of carbonyl (C=O) groups is 1. The maximum Gasteiger partial charge on any atom is 0.304 e. The zero-order chi connectivity index (χ0) is 13.0. The fraction of sp³-hybridized carbons (Fsp3) is 0.667. The Kier molecular flexibility index (Phi) is 4.66. The second-order valence-corrected chi connectivity index (χ2v) is 5.78. The average molecular weight is 269 g/mol. The Bertz CT molecular complexity index is 408. The van der Waals surface area contributed by atoms with Gasteiger partial charge in [-0.2, -0.15) is 16.9 Å². The first-order chi connectivity index (χ1) is 8.65. The van der Waals surface area contributed by atoms with E-state index in [1.807, 2.05) is 31.2 Å². The smallest absolute Gasteiger partial charge is 0.304 e. The highest BCUT2D eigenvalue weighted by molar-refractivity contribution is 7.99. The highest BCUT2D eigenvalue weighted by Crippen LogP contribution is 2.19. The molecule has 1 aromatic heterocycles. The van der Waals surface area contributed by atoms with Crippen LogP contribution in [0, 0.1) is 0 Å². The first kappa shape index (κ1) is 13.4. The van der Waals surface area contributed by atoms with Gasteiger partial charge in [0.15, 0.2) is 0 Å². The van der Waals surface area contributed by atoms with Gasteiger partial charge in [-0.3, -0.25) is 14.4 Å². The number of nitrogens with zero attached hydrogens (tertiary/aromatic N) is 3. The molecule has 1 fully saturated rings. The summed E-state index contributed by atoms with van der Waals surface area (Å²) in [6, 6.07) is 0.179. The van der Waals surface area contributed by atoms with Gasteiger partial charge in [0.2, 0.25) is 0 Å². The molecule has 1 N–H and O–H groups in total. The first-order valence-corrected chi connectivity index (χ1v) is 7.32. The van der Waals surface area contributed by atoms with Gasteiger partial charge in [-0.05, 0) is 12.0 Å². The summed E-state index contributed by atoms with van der Waals surface area (Å²) in [5, 5.41) is 13.1. The monoisotopic (exact) mass is 269 g/mol. The molecular weight excluding hydrogens is 250 g/mol. The minimum Gasteiger partial charge on any atom is -0.481 e. The maximum atomic E-state index is 10.8. The van der Waals surface area contributed by atoms with E-state index in [4.69, 9.17) is 5.11 Å². The predicted octanol–water partition coefficient (Wildman–Crippen LogP) is 0.855. The molecule has 0 radical (unpaired) electrons. The molecule has 1 saturated heterocycles. The van der Waals surface area contributed by atoms with Gasteiger partial charge in [-0.1, -0.05) is 0 Å². The number of aryl methyl sites for hydroxylation is 1. The van der Waals surface area contributed by atoms with E-state index in [9.17, 15) is 4.79 Å². The van der Waals surface area contributed by atoms with Crippen molar-refractivity contribution >= 4 is 17.7 Å². The zero-order valence-electron chi connectivity index (χ0n) is 10.6. The van der Waals surface area contributed by atoms with Crippen LogP contribution < -0.4 is 0 Å². The van der Waals surface area contributed by atoms with Crippen LogP contribution in [-0.2, 0) is 18.3 Å². The van der Waals surface area contributed by atoms with E-state index in [-0.39, 0.29) is 12.5 Å². The predicted molar refractivity (Wildman–Crippen MR) is 71.9 cm³/mol. The molecule has 1 aromatic rings. The van der Waals surface area contributed by atoms with Crippen molar-refractivity contribution in [3.8, 4) is 0 Å². The molecule has 5 nitrogen and oxygen atoms in total. The number of hydrogen-bond donors (Lipinski definition) is 1. The number of aromatic nitrogens is 2. The van der Waals surface area contributed by atoms with Crippen molar-refractivity contribution in [2.24, 2.45) is 7.05 Å². The van der Waals surface area contributed by atoms with Crippen LogP contribution in [-0.4, -0.2) is 56.4 Å². The van der Waals surface area contributed by atoms with Gasteiger partial charge in [-0.15, -0.1) is 0 Å². The molecule has 0 aliphatic carbocycles. The van der Waals surface area contributed by atoms with Crippen molar-refractivity contribution in [2.45, 2.75) is 18.9 Å². The summed E-state index contributed by atoms with van der Waals surface area (Å²) >= 11 is 1.85. The van der Waals surface area contributed by atoms with E-state index in [0.717, 1.165) is 31.0 Å². The van der Waals surface area contributed by atoms with Crippen molar-refractivity contribution < 1.29 is 9.90 Å². The van der Waals surface area contributed by atoms with E-state index in [1.54, 1.807) is 4.68 Å². The number of carboxylic acid groups (broad SMARTS) is 1. The van der Waals surface area contributed by atoms with E-state index < -0.39 is 5.97 Å². The summed E-state index contributed by atoms with van der Waals surface area (Å²) in [6.45, 7) is 1.91. The Morgan fingerprint density at radius 3 is 3.17 bits per heavy atom. The van der Waals surface area contributed by atoms with Crippen LogP contribution in [0.15, 0.2) is 12.4 Å². The molecule has 0 spiro atoms.